The summed E-state index contributed by atoms with van der Waals surface area (Å²) >= 11 is 0. The zero-order valence-electron chi connectivity index (χ0n) is 11.3. The van der Waals surface area contributed by atoms with E-state index in [0.29, 0.717) is 18.4 Å². The molecular weight excluding hydrogens is 214 g/mol. The van der Waals surface area contributed by atoms with Crippen molar-refractivity contribution in [2.45, 2.75) is 45.7 Å². The molecule has 2 atom stereocenters. The minimum atomic E-state index is -0.243. The molecular formula is C13H23N3O. The van der Waals surface area contributed by atoms with E-state index in [2.05, 4.69) is 31.7 Å². The lowest BCUT2D eigenvalue weighted by molar-refractivity contribution is -0.142. The van der Waals surface area contributed by atoms with Crippen LogP contribution in [-0.4, -0.2) is 47.9 Å². The third-order valence-corrected chi connectivity index (χ3v) is 3.42. The summed E-state index contributed by atoms with van der Waals surface area (Å²) in [6.45, 7) is 8.17. The van der Waals surface area contributed by atoms with Gasteiger partial charge in [-0.05, 0) is 25.8 Å². The van der Waals surface area contributed by atoms with Crippen molar-refractivity contribution < 1.29 is 4.79 Å². The number of amides is 1. The number of rotatable bonds is 4. The molecule has 1 heterocycles. The van der Waals surface area contributed by atoms with Gasteiger partial charge in [0.05, 0.1) is 12.5 Å². The lowest BCUT2D eigenvalue weighted by Gasteiger charge is -2.43. The van der Waals surface area contributed by atoms with Crippen LogP contribution in [-0.2, 0) is 4.79 Å². The molecule has 17 heavy (non-hydrogen) atoms. The lowest BCUT2D eigenvalue weighted by atomic mass is 10.0. The molecule has 1 rings (SSSR count). The predicted octanol–water partition coefficient (Wildman–Crippen LogP) is 1.48. The van der Waals surface area contributed by atoms with E-state index < -0.39 is 0 Å². The highest BCUT2D eigenvalue weighted by Gasteiger charge is 2.36. The molecule has 0 aliphatic carbocycles. The van der Waals surface area contributed by atoms with Gasteiger partial charge in [0.1, 0.15) is 6.04 Å². The Morgan fingerprint density at radius 1 is 1.53 bits per heavy atom. The number of nitriles is 1. The Morgan fingerprint density at radius 3 is 2.71 bits per heavy atom. The van der Waals surface area contributed by atoms with E-state index in [-0.39, 0.29) is 11.9 Å². The molecule has 1 amide bonds. The number of piperazine rings is 1. The Balaban J connectivity index is 2.74. The second-order valence-electron chi connectivity index (χ2n) is 5.37. The fraction of sp³-hybridized carbons (Fsp3) is 0.846. The third kappa shape index (κ3) is 3.44. The van der Waals surface area contributed by atoms with Crippen LogP contribution < -0.4 is 0 Å². The van der Waals surface area contributed by atoms with Gasteiger partial charge in [0.2, 0.25) is 5.91 Å². The Morgan fingerprint density at radius 2 is 2.18 bits per heavy atom. The number of nitrogens with zero attached hydrogens (tertiary/aromatic N) is 3. The Hall–Kier alpha value is -1.08. The van der Waals surface area contributed by atoms with Crippen LogP contribution in [0.2, 0.25) is 0 Å². The van der Waals surface area contributed by atoms with Crippen molar-refractivity contribution in [1.29, 1.82) is 5.26 Å². The number of carbonyl (C=O) groups is 1. The van der Waals surface area contributed by atoms with Gasteiger partial charge in [0, 0.05) is 19.6 Å². The van der Waals surface area contributed by atoms with Crippen molar-refractivity contribution in [3.63, 3.8) is 0 Å². The summed E-state index contributed by atoms with van der Waals surface area (Å²) in [4.78, 5) is 16.0. The van der Waals surface area contributed by atoms with Gasteiger partial charge in [-0.3, -0.25) is 9.69 Å². The van der Waals surface area contributed by atoms with Crippen molar-refractivity contribution >= 4 is 5.91 Å². The molecule has 1 aliphatic rings. The maximum atomic E-state index is 12.0. The summed E-state index contributed by atoms with van der Waals surface area (Å²) in [6.07, 6.45) is 1.37. The smallest absolute Gasteiger partial charge is 0.240 e. The van der Waals surface area contributed by atoms with Crippen LogP contribution in [0.4, 0.5) is 0 Å². The summed E-state index contributed by atoms with van der Waals surface area (Å²) in [5.74, 6) is 0.716. The Bertz CT molecular complexity index is 308. The highest BCUT2D eigenvalue weighted by Crippen LogP contribution is 2.19. The first kappa shape index (κ1) is 14.0. The average Bonchev–Trinajstić information content (AvgIpc) is 2.24. The SMILES string of the molecule is CC(C)CCN1C(C)CN(C)C(=O)C1CC#N. The normalized spacial score (nSPS) is 26.4. The van der Waals surface area contributed by atoms with Crippen LogP contribution in [0, 0.1) is 17.2 Å². The summed E-state index contributed by atoms with van der Waals surface area (Å²) in [5, 5.41) is 8.86. The second-order valence-corrected chi connectivity index (χ2v) is 5.37. The fourth-order valence-corrected chi connectivity index (χ4v) is 2.37. The van der Waals surface area contributed by atoms with Crippen LogP contribution >= 0.6 is 0 Å². The van der Waals surface area contributed by atoms with Gasteiger partial charge in [-0.1, -0.05) is 13.8 Å². The first-order valence-corrected chi connectivity index (χ1v) is 6.35. The zero-order chi connectivity index (χ0) is 13.0. The molecule has 0 aromatic rings. The van der Waals surface area contributed by atoms with Crippen LogP contribution in [0.3, 0.4) is 0 Å². The second kappa shape index (κ2) is 6.02. The molecule has 1 aliphatic heterocycles. The van der Waals surface area contributed by atoms with Crippen molar-refractivity contribution in [3.8, 4) is 6.07 Å². The summed E-state index contributed by atoms with van der Waals surface area (Å²) in [5.41, 5.74) is 0. The first-order chi connectivity index (χ1) is 7.97. The van der Waals surface area contributed by atoms with Crippen LogP contribution in [0.1, 0.15) is 33.6 Å². The highest BCUT2D eigenvalue weighted by molar-refractivity contribution is 5.82. The van der Waals surface area contributed by atoms with E-state index >= 15 is 0 Å². The van der Waals surface area contributed by atoms with E-state index in [1.807, 2.05) is 7.05 Å². The number of hydrogen-bond acceptors (Lipinski definition) is 3. The predicted molar refractivity (Wildman–Crippen MR) is 67.3 cm³/mol. The molecule has 1 saturated heterocycles. The monoisotopic (exact) mass is 237 g/mol. The maximum absolute atomic E-state index is 12.0. The van der Waals surface area contributed by atoms with Gasteiger partial charge in [-0.25, -0.2) is 0 Å². The van der Waals surface area contributed by atoms with Gasteiger partial charge < -0.3 is 4.90 Å². The van der Waals surface area contributed by atoms with Gasteiger partial charge >= 0.3 is 0 Å². The Kier molecular flexibility index (Phi) is 4.95. The van der Waals surface area contributed by atoms with E-state index in [1.165, 1.54) is 0 Å². The molecule has 0 N–H and O–H groups in total. The van der Waals surface area contributed by atoms with E-state index in [0.717, 1.165) is 19.5 Å². The maximum Gasteiger partial charge on any atom is 0.240 e. The molecule has 96 valence electrons. The molecule has 0 bridgehead atoms. The number of carbonyl (C=O) groups excluding carboxylic acids is 1. The molecule has 1 fully saturated rings. The molecule has 4 nitrogen and oxygen atoms in total. The minimum Gasteiger partial charge on any atom is -0.343 e. The van der Waals surface area contributed by atoms with Crippen molar-refractivity contribution in [2.75, 3.05) is 20.1 Å². The molecule has 0 aromatic heterocycles. The Labute approximate surface area is 104 Å². The molecule has 0 spiro atoms. The van der Waals surface area contributed by atoms with Crippen molar-refractivity contribution in [2.24, 2.45) is 5.92 Å². The van der Waals surface area contributed by atoms with E-state index in [9.17, 15) is 4.79 Å². The number of likely N-dealkylation sites (N-methyl/N-ethyl adjacent to an activating group) is 1. The lowest BCUT2D eigenvalue weighted by Crippen LogP contribution is -2.60. The van der Waals surface area contributed by atoms with Gasteiger partial charge in [0.25, 0.3) is 0 Å². The summed E-state index contributed by atoms with van der Waals surface area (Å²) in [7, 11) is 1.82. The van der Waals surface area contributed by atoms with E-state index in [4.69, 9.17) is 5.26 Å². The topological polar surface area (TPSA) is 47.3 Å². The zero-order valence-corrected chi connectivity index (χ0v) is 11.3. The van der Waals surface area contributed by atoms with Crippen LogP contribution in [0.15, 0.2) is 0 Å². The third-order valence-electron chi connectivity index (χ3n) is 3.42. The summed E-state index contributed by atoms with van der Waals surface area (Å²) in [6, 6.07) is 2.24. The quantitative estimate of drug-likeness (QED) is 0.744. The number of hydrogen-bond donors (Lipinski definition) is 0. The standard InChI is InChI=1S/C13H23N3O/c1-10(2)6-8-16-11(3)9-15(4)13(17)12(16)5-7-14/h10-12H,5-6,8-9H2,1-4H3. The first-order valence-electron chi connectivity index (χ1n) is 6.35. The molecule has 0 saturated carbocycles. The average molecular weight is 237 g/mol. The van der Waals surface area contributed by atoms with E-state index in [1.54, 1.807) is 4.90 Å². The van der Waals surface area contributed by atoms with Crippen molar-refractivity contribution in [1.82, 2.24) is 9.80 Å². The largest absolute Gasteiger partial charge is 0.343 e. The molecule has 0 aromatic carbocycles. The molecule has 4 heteroatoms. The molecule has 2 unspecified atom stereocenters. The van der Waals surface area contributed by atoms with Crippen molar-refractivity contribution in [3.05, 3.63) is 0 Å². The van der Waals surface area contributed by atoms with Crippen LogP contribution in [0.5, 0.6) is 0 Å². The van der Waals surface area contributed by atoms with Gasteiger partial charge in [-0.15, -0.1) is 0 Å². The van der Waals surface area contributed by atoms with Crippen LogP contribution in [0.25, 0.3) is 0 Å². The van der Waals surface area contributed by atoms with Gasteiger partial charge in [-0.2, -0.15) is 5.26 Å². The van der Waals surface area contributed by atoms with Gasteiger partial charge in [0.15, 0.2) is 0 Å². The molecule has 0 radical (unpaired) electrons. The highest BCUT2D eigenvalue weighted by atomic mass is 16.2. The fourth-order valence-electron chi connectivity index (χ4n) is 2.37. The summed E-state index contributed by atoms with van der Waals surface area (Å²) < 4.78 is 0. The minimum absolute atomic E-state index is 0.0911.